The van der Waals surface area contributed by atoms with Gasteiger partial charge in [0.2, 0.25) is 0 Å². The number of methoxy groups -OCH3 is 1. The van der Waals surface area contributed by atoms with E-state index in [2.05, 4.69) is 0 Å². The van der Waals surface area contributed by atoms with Gasteiger partial charge >= 0.3 is 0 Å². The summed E-state index contributed by atoms with van der Waals surface area (Å²) < 4.78 is 5.05. The highest BCUT2D eigenvalue weighted by Gasteiger charge is 2.15. The number of nitrogens with zero attached hydrogens (tertiary/aromatic N) is 1. The molecule has 0 aliphatic heterocycles. The van der Waals surface area contributed by atoms with Gasteiger partial charge in [0.05, 0.1) is 12.0 Å². The fourth-order valence-electron chi connectivity index (χ4n) is 1.50. The number of ether oxygens (including phenoxy) is 1. The number of amides is 1. The first-order chi connectivity index (χ1) is 8.61. The van der Waals surface area contributed by atoms with Crippen molar-refractivity contribution < 1.29 is 14.6 Å². The number of thiophene rings is 1. The number of aromatic hydroxyl groups is 1. The third kappa shape index (κ3) is 2.46. The zero-order valence-corrected chi connectivity index (χ0v) is 10.9. The Bertz CT molecular complexity index is 548. The molecule has 0 spiro atoms. The average Bonchev–Trinajstić information content (AvgIpc) is 2.86. The fraction of sp³-hybridized carbons (Fsp3) is 0.154. The molecule has 5 heteroatoms. The number of benzene rings is 1. The summed E-state index contributed by atoms with van der Waals surface area (Å²) in [6, 6.07) is 8.20. The van der Waals surface area contributed by atoms with Crippen molar-refractivity contribution in [1.29, 1.82) is 0 Å². The lowest BCUT2D eigenvalue weighted by atomic mass is 10.2. The Labute approximate surface area is 109 Å². The van der Waals surface area contributed by atoms with Crippen LogP contribution in [0.3, 0.4) is 0 Å². The van der Waals surface area contributed by atoms with Crippen molar-refractivity contribution >= 4 is 22.9 Å². The van der Waals surface area contributed by atoms with Gasteiger partial charge < -0.3 is 14.7 Å². The minimum atomic E-state index is -0.103. The van der Waals surface area contributed by atoms with Gasteiger partial charge in [-0.25, -0.2) is 0 Å². The smallest absolute Gasteiger partial charge is 0.268 e. The molecule has 0 fully saturated rings. The quantitative estimate of drug-likeness (QED) is 0.926. The first-order valence-corrected chi connectivity index (χ1v) is 6.19. The van der Waals surface area contributed by atoms with Crippen LogP contribution in [0, 0.1) is 0 Å². The van der Waals surface area contributed by atoms with Crippen LogP contribution in [0.15, 0.2) is 35.7 Å². The highest BCUT2D eigenvalue weighted by atomic mass is 32.1. The summed E-state index contributed by atoms with van der Waals surface area (Å²) in [5.74, 6) is 0.758. The van der Waals surface area contributed by atoms with E-state index in [1.807, 2.05) is 0 Å². The van der Waals surface area contributed by atoms with E-state index >= 15 is 0 Å². The van der Waals surface area contributed by atoms with Crippen LogP contribution in [0.5, 0.6) is 11.5 Å². The molecule has 0 radical (unpaired) electrons. The molecule has 2 aromatic rings. The van der Waals surface area contributed by atoms with E-state index in [4.69, 9.17) is 4.74 Å². The molecule has 0 bridgehead atoms. The number of anilines is 1. The van der Waals surface area contributed by atoms with Gasteiger partial charge in [0.25, 0.3) is 5.91 Å². The summed E-state index contributed by atoms with van der Waals surface area (Å²) in [5.41, 5.74) is 0.727. The molecule has 18 heavy (non-hydrogen) atoms. The number of hydrogen-bond acceptors (Lipinski definition) is 4. The highest BCUT2D eigenvalue weighted by Crippen LogP contribution is 2.25. The molecule has 4 nitrogen and oxygen atoms in total. The summed E-state index contributed by atoms with van der Waals surface area (Å²) in [6.45, 7) is 0. The molecule has 1 aromatic heterocycles. The van der Waals surface area contributed by atoms with Crippen molar-refractivity contribution in [2.75, 3.05) is 19.1 Å². The Morgan fingerprint density at radius 1 is 1.33 bits per heavy atom. The zero-order chi connectivity index (χ0) is 13.1. The van der Waals surface area contributed by atoms with Crippen molar-refractivity contribution in [2.24, 2.45) is 0 Å². The molecule has 1 aromatic carbocycles. The molecular weight excluding hydrogens is 250 g/mol. The van der Waals surface area contributed by atoms with Crippen LogP contribution in [-0.4, -0.2) is 25.2 Å². The number of rotatable bonds is 3. The maximum absolute atomic E-state index is 12.2. The Morgan fingerprint density at radius 2 is 2.00 bits per heavy atom. The van der Waals surface area contributed by atoms with Crippen LogP contribution < -0.4 is 9.64 Å². The van der Waals surface area contributed by atoms with Gasteiger partial charge in [0.1, 0.15) is 11.5 Å². The Morgan fingerprint density at radius 3 is 2.56 bits per heavy atom. The molecule has 0 aliphatic carbocycles. The summed E-state index contributed by atoms with van der Waals surface area (Å²) >= 11 is 1.34. The minimum Gasteiger partial charge on any atom is -0.508 e. The predicted octanol–water partition coefficient (Wildman–Crippen LogP) is 2.74. The lowest BCUT2D eigenvalue weighted by Gasteiger charge is -2.16. The summed E-state index contributed by atoms with van der Waals surface area (Å²) in [4.78, 5) is 14.3. The number of hydrogen-bond donors (Lipinski definition) is 1. The molecular formula is C13H13NO3S. The molecule has 0 saturated heterocycles. The van der Waals surface area contributed by atoms with Gasteiger partial charge in [0.15, 0.2) is 0 Å². The second kappa shape index (κ2) is 5.10. The number of phenolic OH excluding ortho intramolecular Hbond substituents is 1. The third-order valence-corrected chi connectivity index (χ3v) is 3.46. The number of phenols is 1. The van der Waals surface area contributed by atoms with Crippen molar-refractivity contribution in [3.8, 4) is 11.5 Å². The maximum Gasteiger partial charge on any atom is 0.268 e. The topological polar surface area (TPSA) is 49.8 Å². The lowest BCUT2D eigenvalue weighted by Crippen LogP contribution is -2.25. The van der Waals surface area contributed by atoms with Gasteiger partial charge in [0, 0.05) is 24.2 Å². The normalized spacial score (nSPS) is 10.1. The predicted molar refractivity (Wildman–Crippen MR) is 71.7 cm³/mol. The average molecular weight is 263 g/mol. The van der Waals surface area contributed by atoms with E-state index < -0.39 is 0 Å². The van der Waals surface area contributed by atoms with Crippen LogP contribution in [0.25, 0.3) is 0 Å². The van der Waals surface area contributed by atoms with E-state index in [9.17, 15) is 9.90 Å². The Hall–Kier alpha value is -2.01. The molecule has 0 unspecified atom stereocenters. The molecule has 94 valence electrons. The van der Waals surface area contributed by atoms with E-state index in [0.717, 1.165) is 5.69 Å². The molecule has 0 saturated carbocycles. The standard InChI is InChI=1S/C13H13NO3S/c1-14(9-3-5-10(15)6-4-9)13(16)12-7-11(17-2)8-18-12/h3-8,15H,1-2H3. The molecule has 0 aliphatic rings. The second-order valence-electron chi connectivity index (χ2n) is 3.73. The first kappa shape index (κ1) is 12.4. The van der Waals surface area contributed by atoms with E-state index in [1.54, 1.807) is 49.9 Å². The maximum atomic E-state index is 12.2. The third-order valence-electron chi connectivity index (χ3n) is 2.56. The van der Waals surface area contributed by atoms with Crippen LogP contribution >= 0.6 is 11.3 Å². The molecule has 0 atom stereocenters. The first-order valence-electron chi connectivity index (χ1n) is 5.31. The van der Waals surface area contributed by atoms with Gasteiger partial charge in [-0.1, -0.05) is 0 Å². The molecule has 1 heterocycles. The molecule has 1 amide bonds. The van der Waals surface area contributed by atoms with Crippen molar-refractivity contribution in [2.45, 2.75) is 0 Å². The summed E-state index contributed by atoms with van der Waals surface area (Å²) in [5, 5.41) is 11.0. The van der Waals surface area contributed by atoms with Crippen LogP contribution in [-0.2, 0) is 0 Å². The monoisotopic (exact) mass is 263 g/mol. The van der Waals surface area contributed by atoms with Gasteiger partial charge in [-0.2, -0.15) is 0 Å². The Balaban J connectivity index is 2.20. The van der Waals surface area contributed by atoms with Crippen molar-refractivity contribution in [3.05, 3.63) is 40.6 Å². The number of carbonyl (C=O) groups is 1. The highest BCUT2D eigenvalue weighted by molar-refractivity contribution is 7.12. The molecule has 2 rings (SSSR count). The van der Waals surface area contributed by atoms with Gasteiger partial charge in [-0.05, 0) is 24.3 Å². The van der Waals surface area contributed by atoms with Crippen molar-refractivity contribution in [3.63, 3.8) is 0 Å². The number of carbonyl (C=O) groups excluding carboxylic acids is 1. The van der Waals surface area contributed by atoms with Crippen LogP contribution in [0.4, 0.5) is 5.69 Å². The Kier molecular flexibility index (Phi) is 3.53. The zero-order valence-electron chi connectivity index (χ0n) is 10.1. The summed E-state index contributed by atoms with van der Waals surface area (Å²) in [6.07, 6.45) is 0. The lowest BCUT2D eigenvalue weighted by molar-refractivity contribution is 0.0996. The molecule has 1 N–H and O–H groups in total. The second-order valence-corrected chi connectivity index (χ2v) is 4.64. The largest absolute Gasteiger partial charge is 0.508 e. The van der Waals surface area contributed by atoms with Crippen LogP contribution in [0.1, 0.15) is 9.67 Å². The van der Waals surface area contributed by atoms with E-state index in [-0.39, 0.29) is 11.7 Å². The van der Waals surface area contributed by atoms with Gasteiger partial charge in [-0.3, -0.25) is 4.79 Å². The SMILES string of the molecule is COc1csc(C(=O)N(C)c2ccc(O)cc2)c1. The fourth-order valence-corrected chi connectivity index (χ4v) is 2.33. The minimum absolute atomic E-state index is 0.103. The summed E-state index contributed by atoms with van der Waals surface area (Å²) in [7, 11) is 3.26. The van der Waals surface area contributed by atoms with Crippen LogP contribution in [0.2, 0.25) is 0 Å². The van der Waals surface area contributed by atoms with E-state index in [0.29, 0.717) is 10.6 Å². The van der Waals surface area contributed by atoms with E-state index in [1.165, 1.54) is 16.2 Å². The van der Waals surface area contributed by atoms with Gasteiger partial charge in [-0.15, -0.1) is 11.3 Å². The van der Waals surface area contributed by atoms with Crippen molar-refractivity contribution in [1.82, 2.24) is 0 Å².